The van der Waals surface area contributed by atoms with Gasteiger partial charge in [0, 0.05) is 24.2 Å². The number of benzene rings is 1. The zero-order valence-electron chi connectivity index (χ0n) is 10.6. The van der Waals surface area contributed by atoms with Crippen molar-refractivity contribution in [3.8, 4) is 0 Å². The molecule has 0 radical (unpaired) electrons. The van der Waals surface area contributed by atoms with E-state index < -0.39 is 0 Å². The Morgan fingerprint density at radius 3 is 2.74 bits per heavy atom. The van der Waals surface area contributed by atoms with Gasteiger partial charge in [0.1, 0.15) is 5.82 Å². The number of nitrogens with zero attached hydrogens (tertiary/aromatic N) is 1. The van der Waals surface area contributed by atoms with Gasteiger partial charge in [-0.2, -0.15) is 0 Å². The minimum Gasteiger partial charge on any atom is -0.396 e. The molecule has 0 aliphatic carbocycles. The summed E-state index contributed by atoms with van der Waals surface area (Å²) in [5.74, 6) is -0.00219. The summed E-state index contributed by atoms with van der Waals surface area (Å²) in [4.78, 5) is 13.9. The Labute approximate surface area is 120 Å². The maximum Gasteiger partial charge on any atom is 0.227 e. The maximum absolute atomic E-state index is 13.2. The number of carbonyl (C=O) groups is 1. The van der Waals surface area contributed by atoms with E-state index in [0.717, 1.165) is 17.3 Å². The summed E-state index contributed by atoms with van der Waals surface area (Å²) in [5, 5.41) is 9.07. The molecule has 0 bridgehead atoms. The quantitative estimate of drug-likeness (QED) is 0.924. The molecule has 5 heteroatoms. The molecule has 1 amide bonds. The van der Waals surface area contributed by atoms with Crippen molar-refractivity contribution < 1.29 is 14.3 Å². The topological polar surface area (TPSA) is 40.5 Å². The zero-order valence-corrected chi connectivity index (χ0v) is 12.2. The third kappa shape index (κ3) is 3.76. The number of amides is 1. The fourth-order valence-corrected chi connectivity index (χ4v) is 2.71. The number of hydrogen-bond acceptors (Lipinski definition) is 2. The Morgan fingerprint density at radius 2 is 2.11 bits per heavy atom. The van der Waals surface area contributed by atoms with Gasteiger partial charge in [-0.1, -0.05) is 15.9 Å². The highest BCUT2D eigenvalue weighted by Gasteiger charge is 2.22. The van der Waals surface area contributed by atoms with Gasteiger partial charge in [0.25, 0.3) is 0 Å². The lowest BCUT2D eigenvalue weighted by atomic mass is 9.97. The van der Waals surface area contributed by atoms with Crippen LogP contribution in [-0.4, -0.2) is 35.6 Å². The van der Waals surface area contributed by atoms with E-state index in [1.807, 2.05) is 0 Å². The lowest BCUT2D eigenvalue weighted by Gasteiger charge is -2.31. The number of piperidine rings is 1. The Morgan fingerprint density at radius 1 is 1.42 bits per heavy atom. The molecule has 0 saturated carbocycles. The van der Waals surface area contributed by atoms with Crippen LogP contribution < -0.4 is 0 Å². The van der Waals surface area contributed by atoms with E-state index >= 15 is 0 Å². The zero-order chi connectivity index (χ0) is 13.8. The molecule has 0 atom stereocenters. The van der Waals surface area contributed by atoms with E-state index in [1.165, 1.54) is 12.1 Å². The summed E-state index contributed by atoms with van der Waals surface area (Å²) in [7, 11) is 0. The molecule has 3 nitrogen and oxygen atoms in total. The summed E-state index contributed by atoms with van der Waals surface area (Å²) in [6.07, 6.45) is 1.89. The van der Waals surface area contributed by atoms with Gasteiger partial charge in [0.2, 0.25) is 5.91 Å². The number of hydrogen-bond donors (Lipinski definition) is 1. The number of halogens is 2. The molecule has 1 aliphatic heterocycles. The van der Waals surface area contributed by atoms with Crippen LogP contribution in [0.4, 0.5) is 4.39 Å². The average molecular weight is 330 g/mol. The van der Waals surface area contributed by atoms with Crippen molar-refractivity contribution in [1.82, 2.24) is 4.90 Å². The Kier molecular flexibility index (Phi) is 4.93. The fourth-order valence-electron chi connectivity index (χ4n) is 2.32. The SMILES string of the molecule is O=C(Cc1cc(F)ccc1Br)N1CCC(CO)CC1. The molecule has 104 valence electrons. The normalized spacial score (nSPS) is 16.7. The van der Waals surface area contributed by atoms with Gasteiger partial charge in [-0.25, -0.2) is 4.39 Å². The number of rotatable bonds is 3. The first-order valence-corrected chi connectivity index (χ1v) is 7.22. The van der Waals surface area contributed by atoms with Crippen LogP contribution in [0.15, 0.2) is 22.7 Å². The summed E-state index contributed by atoms with van der Waals surface area (Å²) in [6, 6.07) is 4.38. The van der Waals surface area contributed by atoms with Crippen molar-refractivity contribution in [2.75, 3.05) is 19.7 Å². The Hall–Kier alpha value is -0.940. The van der Waals surface area contributed by atoms with Crippen molar-refractivity contribution in [1.29, 1.82) is 0 Å². The first kappa shape index (κ1) is 14.5. The molecule has 2 rings (SSSR count). The number of carbonyl (C=O) groups excluding carboxylic acids is 1. The Bertz CT molecular complexity index is 459. The predicted octanol–water partition coefficient (Wildman–Crippen LogP) is 2.36. The molecule has 1 saturated heterocycles. The largest absolute Gasteiger partial charge is 0.396 e. The van der Waals surface area contributed by atoms with Crippen LogP contribution in [0.1, 0.15) is 18.4 Å². The molecule has 1 aliphatic rings. The van der Waals surface area contributed by atoms with Gasteiger partial charge >= 0.3 is 0 Å². The van der Waals surface area contributed by atoms with Gasteiger partial charge < -0.3 is 10.0 Å². The monoisotopic (exact) mass is 329 g/mol. The minimum absolute atomic E-state index is 0.0164. The Balaban J connectivity index is 1.96. The second-order valence-corrected chi connectivity index (χ2v) is 5.77. The standard InChI is InChI=1S/C14H17BrFNO2/c15-13-2-1-12(16)7-11(13)8-14(19)17-5-3-10(9-18)4-6-17/h1-2,7,10,18H,3-6,8-9H2. The van der Waals surface area contributed by atoms with E-state index in [4.69, 9.17) is 5.11 Å². The fraction of sp³-hybridized carbons (Fsp3) is 0.500. The molecule has 1 aromatic rings. The van der Waals surface area contributed by atoms with Gasteiger partial charge in [-0.15, -0.1) is 0 Å². The molecular formula is C14H17BrFNO2. The smallest absolute Gasteiger partial charge is 0.227 e. The molecule has 1 aromatic carbocycles. The predicted molar refractivity (Wildman–Crippen MR) is 74.2 cm³/mol. The summed E-state index contributed by atoms with van der Waals surface area (Å²) >= 11 is 3.33. The number of aliphatic hydroxyl groups is 1. The summed E-state index contributed by atoms with van der Waals surface area (Å²) in [5.41, 5.74) is 0.675. The van der Waals surface area contributed by atoms with Crippen LogP contribution in [0, 0.1) is 11.7 Å². The lowest BCUT2D eigenvalue weighted by molar-refractivity contribution is -0.132. The van der Waals surface area contributed by atoms with Crippen molar-refractivity contribution in [2.24, 2.45) is 5.92 Å². The highest BCUT2D eigenvalue weighted by molar-refractivity contribution is 9.10. The first-order chi connectivity index (χ1) is 9.10. The van der Waals surface area contributed by atoms with E-state index in [0.29, 0.717) is 24.6 Å². The van der Waals surface area contributed by atoms with E-state index in [2.05, 4.69) is 15.9 Å². The van der Waals surface area contributed by atoms with Gasteiger partial charge in [-0.3, -0.25) is 4.79 Å². The molecule has 1 heterocycles. The van der Waals surface area contributed by atoms with Crippen molar-refractivity contribution in [2.45, 2.75) is 19.3 Å². The van der Waals surface area contributed by atoms with E-state index in [1.54, 1.807) is 11.0 Å². The van der Waals surface area contributed by atoms with E-state index in [9.17, 15) is 9.18 Å². The third-order valence-electron chi connectivity index (χ3n) is 3.57. The summed E-state index contributed by atoms with van der Waals surface area (Å²) < 4.78 is 13.9. The molecular weight excluding hydrogens is 313 g/mol. The second-order valence-electron chi connectivity index (χ2n) is 4.92. The molecule has 0 unspecified atom stereocenters. The minimum atomic E-state index is -0.329. The second kappa shape index (κ2) is 6.48. The maximum atomic E-state index is 13.2. The van der Waals surface area contributed by atoms with Gasteiger partial charge in [0.05, 0.1) is 6.42 Å². The highest BCUT2D eigenvalue weighted by Crippen LogP contribution is 2.21. The van der Waals surface area contributed by atoms with Crippen LogP contribution in [0.5, 0.6) is 0 Å². The number of likely N-dealkylation sites (tertiary alicyclic amines) is 1. The highest BCUT2D eigenvalue weighted by atomic mass is 79.9. The molecule has 19 heavy (non-hydrogen) atoms. The molecule has 0 aromatic heterocycles. The molecule has 1 N–H and O–H groups in total. The van der Waals surface area contributed by atoms with Crippen molar-refractivity contribution in [3.63, 3.8) is 0 Å². The first-order valence-electron chi connectivity index (χ1n) is 6.42. The van der Waals surface area contributed by atoms with Crippen molar-refractivity contribution >= 4 is 21.8 Å². The van der Waals surface area contributed by atoms with Crippen LogP contribution in [-0.2, 0) is 11.2 Å². The molecule has 1 fully saturated rings. The third-order valence-corrected chi connectivity index (χ3v) is 4.35. The van der Waals surface area contributed by atoms with Crippen LogP contribution in [0.25, 0.3) is 0 Å². The van der Waals surface area contributed by atoms with Crippen LogP contribution in [0.3, 0.4) is 0 Å². The number of aliphatic hydroxyl groups excluding tert-OH is 1. The van der Waals surface area contributed by atoms with Gasteiger partial charge in [0.15, 0.2) is 0 Å². The van der Waals surface area contributed by atoms with Gasteiger partial charge in [-0.05, 0) is 42.5 Å². The average Bonchev–Trinajstić information content (AvgIpc) is 2.43. The molecule has 0 spiro atoms. The van der Waals surface area contributed by atoms with Crippen LogP contribution >= 0.6 is 15.9 Å². The van der Waals surface area contributed by atoms with E-state index in [-0.39, 0.29) is 24.8 Å². The lowest BCUT2D eigenvalue weighted by Crippen LogP contribution is -2.40. The van der Waals surface area contributed by atoms with Crippen molar-refractivity contribution in [3.05, 3.63) is 34.1 Å². The summed E-state index contributed by atoms with van der Waals surface area (Å²) in [6.45, 7) is 1.55. The van der Waals surface area contributed by atoms with Crippen LogP contribution in [0.2, 0.25) is 0 Å².